The van der Waals surface area contributed by atoms with Crippen molar-refractivity contribution in [2.24, 2.45) is 7.05 Å². The largest absolute Gasteiger partial charge is 0.396 e. The van der Waals surface area contributed by atoms with E-state index in [0.717, 1.165) is 37.0 Å². The van der Waals surface area contributed by atoms with Crippen molar-refractivity contribution in [3.05, 3.63) is 11.9 Å². The Hall–Kier alpha value is -0.720. The molecule has 0 fully saturated rings. The first-order valence-electron chi connectivity index (χ1n) is 6.24. The van der Waals surface area contributed by atoms with Gasteiger partial charge >= 0.3 is 0 Å². The van der Waals surface area contributed by atoms with Gasteiger partial charge in [-0.25, -0.2) is 4.98 Å². The summed E-state index contributed by atoms with van der Waals surface area (Å²) in [6.07, 6.45) is 2.81. The Kier molecular flexibility index (Phi) is 7.15. The molecule has 0 aromatic carbocycles. The number of hydrogen-bond acceptors (Lipinski definition) is 5. The predicted molar refractivity (Wildman–Crippen MR) is 78.3 cm³/mol. The van der Waals surface area contributed by atoms with Gasteiger partial charge in [0, 0.05) is 46.6 Å². The van der Waals surface area contributed by atoms with Crippen molar-refractivity contribution < 1.29 is 5.11 Å². The lowest BCUT2D eigenvalue weighted by atomic mass is 10.4. The van der Waals surface area contributed by atoms with Gasteiger partial charge in [0.05, 0.1) is 11.9 Å². The number of nitrogens with zero attached hydrogens (tertiary/aromatic N) is 3. The Morgan fingerprint density at radius 2 is 2.22 bits per heavy atom. The van der Waals surface area contributed by atoms with E-state index in [2.05, 4.69) is 14.9 Å². The average molecular weight is 272 g/mol. The third kappa shape index (κ3) is 4.88. The van der Waals surface area contributed by atoms with Gasteiger partial charge in [0.2, 0.25) is 5.95 Å². The van der Waals surface area contributed by atoms with Crippen LogP contribution in [0.1, 0.15) is 12.1 Å². The van der Waals surface area contributed by atoms with Crippen molar-refractivity contribution in [2.45, 2.75) is 13.0 Å². The number of hydrogen-bond donors (Lipinski definition) is 2. The van der Waals surface area contributed by atoms with E-state index in [-0.39, 0.29) is 0 Å². The maximum atomic E-state index is 8.65. The van der Waals surface area contributed by atoms with E-state index in [1.54, 1.807) is 0 Å². The van der Waals surface area contributed by atoms with E-state index in [1.165, 1.54) is 5.69 Å². The number of rotatable bonds is 9. The fourth-order valence-corrected chi connectivity index (χ4v) is 2.47. The number of nitrogens with one attached hydrogen (secondary N) is 1. The van der Waals surface area contributed by atoms with Crippen LogP contribution >= 0.6 is 11.8 Å². The predicted octanol–water partition coefficient (Wildman–Crippen LogP) is 0.691. The van der Waals surface area contributed by atoms with E-state index in [0.29, 0.717) is 6.61 Å². The summed E-state index contributed by atoms with van der Waals surface area (Å²) in [5.41, 5.74) is 1.19. The maximum absolute atomic E-state index is 8.65. The summed E-state index contributed by atoms with van der Waals surface area (Å²) in [6.45, 7) is 2.12. The molecule has 0 saturated heterocycles. The van der Waals surface area contributed by atoms with Crippen LogP contribution in [0.15, 0.2) is 6.20 Å². The Labute approximate surface area is 114 Å². The molecule has 0 aliphatic heterocycles. The number of aliphatic hydroxyl groups is 1. The van der Waals surface area contributed by atoms with Crippen molar-refractivity contribution in [3.63, 3.8) is 0 Å². The molecule has 5 nitrogen and oxygen atoms in total. The molecule has 0 radical (unpaired) electrons. The van der Waals surface area contributed by atoms with E-state index >= 15 is 0 Å². The van der Waals surface area contributed by atoms with Crippen LogP contribution in [0.5, 0.6) is 0 Å². The highest BCUT2D eigenvalue weighted by Gasteiger charge is 2.06. The highest BCUT2D eigenvalue weighted by atomic mass is 32.2. The molecule has 1 aromatic heterocycles. The highest BCUT2D eigenvalue weighted by Crippen LogP contribution is 2.10. The molecule has 6 heteroatoms. The van der Waals surface area contributed by atoms with Gasteiger partial charge in [-0.1, -0.05) is 0 Å². The molecule has 0 aliphatic rings. The summed E-state index contributed by atoms with van der Waals surface area (Å²) in [5.74, 6) is 3.09. The zero-order valence-electron chi connectivity index (χ0n) is 11.5. The number of aliphatic hydroxyl groups excluding tert-OH is 1. The summed E-state index contributed by atoms with van der Waals surface area (Å²) in [5, 5.41) is 12.1. The van der Waals surface area contributed by atoms with E-state index < -0.39 is 0 Å². The van der Waals surface area contributed by atoms with Crippen molar-refractivity contribution >= 4 is 17.7 Å². The summed E-state index contributed by atoms with van der Waals surface area (Å²) in [7, 11) is 6.03. The van der Waals surface area contributed by atoms with E-state index in [1.807, 2.05) is 44.0 Å². The monoisotopic (exact) mass is 272 g/mol. The lowest BCUT2D eigenvalue weighted by Gasteiger charge is -2.12. The molecule has 0 saturated carbocycles. The molecule has 0 atom stereocenters. The van der Waals surface area contributed by atoms with Crippen LogP contribution in [0.2, 0.25) is 0 Å². The van der Waals surface area contributed by atoms with Gasteiger partial charge in [-0.2, -0.15) is 11.8 Å². The second-order valence-electron chi connectivity index (χ2n) is 4.37. The molecular weight excluding hydrogens is 248 g/mol. The van der Waals surface area contributed by atoms with Crippen molar-refractivity contribution in [1.29, 1.82) is 0 Å². The molecule has 0 unspecified atom stereocenters. The van der Waals surface area contributed by atoms with Gasteiger partial charge in [-0.15, -0.1) is 0 Å². The van der Waals surface area contributed by atoms with Crippen LogP contribution in [-0.2, 0) is 13.6 Å². The normalized spacial score (nSPS) is 10.9. The van der Waals surface area contributed by atoms with Crippen LogP contribution < -0.4 is 10.2 Å². The molecule has 2 N–H and O–H groups in total. The summed E-state index contributed by atoms with van der Waals surface area (Å²) in [6, 6.07) is 0. The third-order valence-corrected chi connectivity index (χ3v) is 3.71. The fraction of sp³-hybridized carbons (Fsp3) is 0.750. The zero-order chi connectivity index (χ0) is 13.4. The molecule has 0 bridgehead atoms. The van der Waals surface area contributed by atoms with Crippen LogP contribution in [0, 0.1) is 0 Å². The Morgan fingerprint density at radius 1 is 1.44 bits per heavy atom. The standard InChI is InChI=1S/C12H24N4OS/c1-15(2)12-14-10-11(16(12)3)9-13-5-8-18-7-4-6-17/h10,13,17H,4-9H2,1-3H3. The number of aromatic nitrogens is 2. The third-order valence-electron chi connectivity index (χ3n) is 2.64. The molecule has 104 valence electrons. The van der Waals surface area contributed by atoms with E-state index in [9.17, 15) is 0 Å². The lowest BCUT2D eigenvalue weighted by molar-refractivity contribution is 0.296. The minimum atomic E-state index is 0.294. The minimum Gasteiger partial charge on any atom is -0.396 e. The van der Waals surface area contributed by atoms with Gasteiger partial charge < -0.3 is 19.9 Å². The summed E-state index contributed by atoms with van der Waals surface area (Å²) >= 11 is 1.87. The number of imidazole rings is 1. The van der Waals surface area contributed by atoms with Gasteiger partial charge in [0.1, 0.15) is 0 Å². The minimum absolute atomic E-state index is 0.294. The van der Waals surface area contributed by atoms with Crippen LogP contribution in [0.3, 0.4) is 0 Å². The van der Waals surface area contributed by atoms with Crippen LogP contribution in [0.4, 0.5) is 5.95 Å². The molecule has 1 heterocycles. The number of thioether (sulfide) groups is 1. The zero-order valence-corrected chi connectivity index (χ0v) is 12.3. The van der Waals surface area contributed by atoms with Crippen molar-refractivity contribution in [3.8, 4) is 0 Å². The average Bonchev–Trinajstić information content (AvgIpc) is 2.70. The van der Waals surface area contributed by atoms with Gasteiger partial charge in [-0.3, -0.25) is 0 Å². The quantitative estimate of drug-likeness (QED) is 0.648. The smallest absolute Gasteiger partial charge is 0.204 e. The van der Waals surface area contributed by atoms with E-state index in [4.69, 9.17) is 5.11 Å². The second kappa shape index (κ2) is 8.39. The molecule has 18 heavy (non-hydrogen) atoms. The first kappa shape index (κ1) is 15.3. The summed E-state index contributed by atoms with van der Waals surface area (Å²) in [4.78, 5) is 6.38. The Balaban J connectivity index is 2.19. The SMILES string of the molecule is CN(C)c1ncc(CNCCSCCCO)n1C. The topological polar surface area (TPSA) is 53.3 Å². The van der Waals surface area contributed by atoms with Crippen LogP contribution in [0.25, 0.3) is 0 Å². The fourth-order valence-electron chi connectivity index (χ4n) is 1.64. The molecule has 1 aromatic rings. The van der Waals surface area contributed by atoms with Crippen molar-refractivity contribution in [1.82, 2.24) is 14.9 Å². The maximum Gasteiger partial charge on any atom is 0.204 e. The van der Waals surface area contributed by atoms with Gasteiger partial charge in [0.25, 0.3) is 0 Å². The second-order valence-corrected chi connectivity index (χ2v) is 5.59. The first-order chi connectivity index (χ1) is 8.66. The van der Waals surface area contributed by atoms with Crippen molar-refractivity contribution in [2.75, 3.05) is 43.7 Å². The summed E-state index contributed by atoms with van der Waals surface area (Å²) < 4.78 is 2.10. The Bertz CT molecular complexity index is 341. The first-order valence-corrected chi connectivity index (χ1v) is 7.39. The van der Waals surface area contributed by atoms with Gasteiger partial charge in [-0.05, 0) is 12.2 Å². The Morgan fingerprint density at radius 3 is 2.83 bits per heavy atom. The molecular formula is C12H24N4OS. The number of anilines is 1. The highest BCUT2D eigenvalue weighted by molar-refractivity contribution is 7.99. The van der Waals surface area contributed by atoms with Crippen LogP contribution in [-0.4, -0.2) is 53.4 Å². The van der Waals surface area contributed by atoms with Gasteiger partial charge in [0.15, 0.2) is 0 Å². The molecule has 0 aliphatic carbocycles. The molecule has 0 amide bonds. The molecule has 0 spiro atoms. The molecule has 1 rings (SSSR count). The lowest BCUT2D eigenvalue weighted by Crippen LogP contribution is -2.20.